The van der Waals surface area contributed by atoms with Crippen molar-refractivity contribution in [1.82, 2.24) is 0 Å². The Hall–Kier alpha value is -0.780. The Morgan fingerprint density at radius 2 is 1.33 bits per heavy atom. The quantitative estimate of drug-likeness (QED) is 0.143. The molecule has 3 heterocycles. The van der Waals surface area contributed by atoms with E-state index in [1.807, 2.05) is 0 Å². The number of aliphatic hydroxyl groups is 8. The lowest BCUT2D eigenvalue weighted by atomic mass is 9.32. The predicted molar refractivity (Wildman–Crippen MR) is 197 cm³/mol. The zero-order chi connectivity index (χ0) is 39.9. The highest BCUT2D eigenvalue weighted by Crippen LogP contribution is 2.79. The van der Waals surface area contributed by atoms with Crippen molar-refractivity contribution in [1.29, 1.82) is 0 Å². The first-order valence-electron chi connectivity index (χ1n) is 20.9. The number of hydrogen-bond acceptors (Lipinski definition) is 13. The number of allylic oxidation sites excluding steroid dienone is 1. The Bertz CT molecular complexity index is 1490. The molecule has 0 aromatic carbocycles. The van der Waals surface area contributed by atoms with Crippen molar-refractivity contribution in [3.63, 3.8) is 0 Å². The monoisotopic (exact) mass is 780 g/mol. The van der Waals surface area contributed by atoms with E-state index < -0.39 is 97.8 Å². The maximum absolute atomic E-state index is 12.1. The van der Waals surface area contributed by atoms with Crippen LogP contribution in [0, 0.1) is 50.2 Å². The van der Waals surface area contributed by atoms with Gasteiger partial charge < -0.3 is 64.5 Å². The number of fused-ring (bicyclic) bond motifs is 4. The number of aliphatic hydroxyl groups excluding tert-OH is 8. The van der Waals surface area contributed by atoms with E-state index >= 15 is 0 Å². The summed E-state index contributed by atoms with van der Waals surface area (Å²) in [4.78, 5) is 0. The van der Waals surface area contributed by atoms with Gasteiger partial charge in [0.25, 0.3) is 0 Å². The minimum atomic E-state index is -1.74. The van der Waals surface area contributed by atoms with Crippen LogP contribution in [0.15, 0.2) is 12.2 Å². The normalized spacial score (nSPS) is 57.9. The largest absolute Gasteiger partial charge is 0.394 e. The van der Waals surface area contributed by atoms with Crippen LogP contribution < -0.4 is 0 Å². The van der Waals surface area contributed by atoms with Crippen molar-refractivity contribution in [3.8, 4) is 0 Å². The first kappa shape index (κ1) is 41.0. The topological polar surface area (TPSA) is 208 Å². The van der Waals surface area contributed by atoms with Gasteiger partial charge in [-0.3, -0.25) is 0 Å². The molecule has 0 aromatic heterocycles. The van der Waals surface area contributed by atoms with Crippen LogP contribution in [-0.4, -0.2) is 140 Å². The van der Waals surface area contributed by atoms with Crippen LogP contribution in [-0.2, 0) is 23.7 Å². The van der Waals surface area contributed by atoms with Crippen molar-refractivity contribution in [3.05, 3.63) is 12.2 Å². The van der Waals surface area contributed by atoms with Crippen molar-refractivity contribution < 1.29 is 64.5 Å². The Labute approximate surface area is 325 Å². The van der Waals surface area contributed by atoms with Crippen molar-refractivity contribution in [2.75, 3.05) is 19.8 Å². The van der Waals surface area contributed by atoms with Gasteiger partial charge in [-0.2, -0.15) is 0 Å². The molecule has 20 atom stereocenters. The van der Waals surface area contributed by atoms with Crippen LogP contribution >= 0.6 is 0 Å². The fraction of sp³-hybridized carbons (Fsp3) is 0.952. The Balaban J connectivity index is 1.07. The third-order valence-corrected chi connectivity index (χ3v) is 17.8. The van der Waals surface area contributed by atoms with Crippen LogP contribution in [0.3, 0.4) is 0 Å². The van der Waals surface area contributed by atoms with Crippen LogP contribution in [0.5, 0.6) is 0 Å². The molecule has 5 aliphatic carbocycles. The first-order valence-corrected chi connectivity index (χ1v) is 20.9. The van der Waals surface area contributed by atoms with Gasteiger partial charge in [-0.15, -0.1) is 0 Å². The van der Waals surface area contributed by atoms with E-state index in [1.165, 1.54) is 0 Å². The highest BCUT2D eigenvalue weighted by Gasteiger charge is 2.79. The lowest BCUT2D eigenvalue weighted by Gasteiger charge is -2.73. The molecular weight excluding hydrogens is 712 g/mol. The molecule has 13 heteroatoms. The SMILES string of the molecule is CC1(C)CC[C@]23CO[C@@]4(C=C[C@@H]5[C@@]6(C)CCC(O[C@@H]7O[C@H](CO)[C@H](O)[C@H](O)[C@H]7O[C@@H]7O[C@H](CO)[C@@H](O)[C@H](O)[C@H]7O)C(C)(C)[C@@H]6CC[C@@]5(C)[C@]4(C)CC2O)[C@@H]3C1. The maximum atomic E-state index is 12.1. The molecule has 55 heavy (non-hydrogen) atoms. The average Bonchev–Trinajstić information content (AvgIpc) is 3.40. The predicted octanol–water partition coefficient (Wildman–Crippen LogP) is 1.78. The smallest absolute Gasteiger partial charge is 0.187 e. The van der Waals surface area contributed by atoms with Gasteiger partial charge >= 0.3 is 0 Å². The first-order chi connectivity index (χ1) is 25.7. The molecule has 8 aliphatic rings. The van der Waals surface area contributed by atoms with Crippen molar-refractivity contribution in [2.45, 2.75) is 179 Å². The molecular formula is C42H68O13. The van der Waals surface area contributed by atoms with E-state index in [0.29, 0.717) is 13.0 Å². The van der Waals surface area contributed by atoms with Crippen molar-refractivity contribution in [2.24, 2.45) is 50.2 Å². The van der Waals surface area contributed by atoms with Gasteiger partial charge in [0.1, 0.15) is 48.8 Å². The van der Waals surface area contributed by atoms with Crippen LogP contribution in [0.1, 0.15) is 99.8 Å². The zero-order valence-electron chi connectivity index (χ0n) is 33.7. The molecule has 0 amide bonds. The fourth-order valence-corrected chi connectivity index (χ4v) is 14.3. The molecule has 2 unspecified atom stereocenters. The lowest BCUT2D eigenvalue weighted by Crippen LogP contribution is -2.72. The van der Waals surface area contributed by atoms with Crippen LogP contribution in [0.2, 0.25) is 0 Å². The molecule has 4 saturated carbocycles. The summed E-state index contributed by atoms with van der Waals surface area (Å²) < 4.78 is 31.6. The Morgan fingerprint density at radius 3 is 2.00 bits per heavy atom. The molecule has 0 radical (unpaired) electrons. The van der Waals surface area contributed by atoms with E-state index in [9.17, 15) is 40.9 Å². The summed E-state index contributed by atoms with van der Waals surface area (Å²) >= 11 is 0. The lowest BCUT2D eigenvalue weighted by molar-refractivity contribution is -0.378. The third-order valence-electron chi connectivity index (χ3n) is 17.8. The van der Waals surface area contributed by atoms with E-state index in [1.54, 1.807) is 0 Å². The summed E-state index contributed by atoms with van der Waals surface area (Å²) in [7, 11) is 0. The highest BCUT2D eigenvalue weighted by atomic mass is 16.8. The minimum absolute atomic E-state index is 0.121. The molecule has 3 saturated heterocycles. The summed E-state index contributed by atoms with van der Waals surface area (Å²) in [5.41, 5.74) is -1.36. The average molecular weight is 781 g/mol. The number of rotatable bonds is 6. The summed E-state index contributed by atoms with van der Waals surface area (Å²) in [5.74, 6) is 0.698. The standard InChI is InChI=1S/C42H68O13/c1-36(2)14-15-41-20-51-42(25(41)16-36)13-9-24-38(5)11-10-27(37(3,4)23(38)8-12-39(24,6)40(42,7)17-26(41)45)54-35-33(31(49)29(47)22(19-44)53-35)55-34-32(50)30(48)28(46)21(18-43)52-34/h9,13,21-35,43-50H,8,10-12,14-20H2,1-7H3/t21-,22-,23+,24-,25-,26?,27?,28-,29+,30+,31+,32-,33-,34+,35+,38+,39-,40+,41-,42+/m1/s1. The van der Waals surface area contributed by atoms with E-state index in [-0.39, 0.29) is 44.8 Å². The Kier molecular flexibility index (Phi) is 9.95. The van der Waals surface area contributed by atoms with Gasteiger partial charge in [0.05, 0.1) is 37.6 Å². The third kappa shape index (κ3) is 5.51. The minimum Gasteiger partial charge on any atom is -0.394 e. The van der Waals surface area contributed by atoms with E-state index in [0.717, 1.165) is 44.9 Å². The number of ether oxygens (including phenoxy) is 5. The summed E-state index contributed by atoms with van der Waals surface area (Å²) in [6, 6.07) is 0. The van der Waals surface area contributed by atoms with Gasteiger partial charge in [0.2, 0.25) is 0 Å². The molecule has 7 fully saturated rings. The molecule has 314 valence electrons. The summed E-state index contributed by atoms with van der Waals surface area (Å²) in [6.45, 7) is 15.8. The maximum Gasteiger partial charge on any atom is 0.187 e. The summed E-state index contributed by atoms with van der Waals surface area (Å²) in [6.07, 6.45) is -3.60. The van der Waals surface area contributed by atoms with Crippen molar-refractivity contribution >= 4 is 0 Å². The van der Waals surface area contributed by atoms with E-state index in [4.69, 9.17) is 23.7 Å². The zero-order valence-corrected chi connectivity index (χ0v) is 33.7. The van der Waals surface area contributed by atoms with Gasteiger partial charge in [0.15, 0.2) is 12.6 Å². The molecule has 13 nitrogen and oxygen atoms in total. The van der Waals surface area contributed by atoms with Crippen LogP contribution in [0.4, 0.5) is 0 Å². The van der Waals surface area contributed by atoms with Gasteiger partial charge in [0, 0.05) is 16.7 Å². The van der Waals surface area contributed by atoms with Crippen LogP contribution in [0.25, 0.3) is 0 Å². The molecule has 8 N–H and O–H groups in total. The molecule has 2 bridgehead atoms. The summed E-state index contributed by atoms with van der Waals surface area (Å²) in [5, 5.41) is 85.6. The fourth-order valence-electron chi connectivity index (χ4n) is 14.3. The molecule has 3 aliphatic heterocycles. The van der Waals surface area contributed by atoms with Gasteiger partial charge in [-0.25, -0.2) is 0 Å². The second-order valence-corrected chi connectivity index (χ2v) is 21.1. The number of hydrogen-bond donors (Lipinski definition) is 8. The Morgan fingerprint density at radius 1 is 0.673 bits per heavy atom. The van der Waals surface area contributed by atoms with Gasteiger partial charge in [-0.05, 0) is 84.9 Å². The molecule has 0 aromatic rings. The van der Waals surface area contributed by atoms with Gasteiger partial charge in [-0.1, -0.05) is 60.6 Å². The second kappa shape index (κ2) is 13.4. The molecule has 8 rings (SSSR count). The van der Waals surface area contributed by atoms with E-state index in [2.05, 4.69) is 60.6 Å². The highest BCUT2D eigenvalue weighted by molar-refractivity contribution is 5.36. The second-order valence-electron chi connectivity index (χ2n) is 21.1. The molecule has 1 spiro atoms.